The summed E-state index contributed by atoms with van der Waals surface area (Å²) in [6.07, 6.45) is 13.1. The van der Waals surface area contributed by atoms with Crippen molar-refractivity contribution < 1.29 is 14.3 Å². The van der Waals surface area contributed by atoms with Gasteiger partial charge in [0.1, 0.15) is 0 Å². The van der Waals surface area contributed by atoms with Gasteiger partial charge in [-0.1, -0.05) is 56.0 Å². The van der Waals surface area contributed by atoms with E-state index in [1.807, 2.05) is 18.2 Å². The number of carbonyl (C=O) groups is 1. The van der Waals surface area contributed by atoms with Crippen molar-refractivity contribution in [2.75, 3.05) is 13.2 Å². The van der Waals surface area contributed by atoms with Crippen LogP contribution in [-0.2, 0) is 9.47 Å². The predicted octanol–water partition coefficient (Wildman–Crippen LogP) is 4.53. The van der Waals surface area contributed by atoms with Crippen molar-refractivity contribution in [2.24, 2.45) is 0 Å². The molecule has 1 unspecified atom stereocenters. The number of hydrogen-bond acceptors (Lipinski definition) is 3. The number of carbonyl (C=O) groups excluding carboxylic acids is 1. The van der Waals surface area contributed by atoms with Gasteiger partial charge in [0.15, 0.2) is 0 Å². The topological polar surface area (TPSA) is 38.8 Å². The summed E-state index contributed by atoms with van der Waals surface area (Å²) in [7, 11) is 0. The highest BCUT2D eigenvalue weighted by Gasteiger charge is 2.17. The maximum atomic E-state index is 11.7. The van der Waals surface area contributed by atoms with E-state index >= 15 is 0 Å². The van der Waals surface area contributed by atoms with Gasteiger partial charge in [-0.3, -0.25) is 0 Å². The molecular formula is C19H26O3. The van der Waals surface area contributed by atoms with Crippen LogP contribution in [0.15, 0.2) is 42.5 Å². The summed E-state index contributed by atoms with van der Waals surface area (Å²) in [5.41, 5.74) is 0.632. The second kappa shape index (κ2) is 10.2. The number of hydrogen-bond donors (Lipinski definition) is 0. The number of benzene rings is 1. The number of ether oxygens (including phenoxy) is 2. The fourth-order valence-corrected chi connectivity index (χ4v) is 2.31. The van der Waals surface area contributed by atoms with E-state index in [1.165, 1.54) is 25.7 Å². The molecule has 120 valence electrons. The maximum absolute atomic E-state index is 11.7. The molecule has 1 heterocycles. The van der Waals surface area contributed by atoms with Crippen LogP contribution in [0, 0.1) is 0 Å². The normalized spacial score (nSPS) is 16.8. The molecule has 0 aromatic heterocycles. The van der Waals surface area contributed by atoms with Crippen LogP contribution >= 0.6 is 0 Å². The molecule has 3 heteroatoms. The van der Waals surface area contributed by atoms with Crippen LogP contribution in [0.3, 0.4) is 0 Å². The highest BCUT2D eigenvalue weighted by atomic mass is 16.6. The van der Waals surface area contributed by atoms with Crippen LogP contribution in [-0.4, -0.2) is 25.3 Å². The first-order valence-corrected chi connectivity index (χ1v) is 8.37. The summed E-state index contributed by atoms with van der Waals surface area (Å²) in [5, 5.41) is 0. The van der Waals surface area contributed by atoms with Crippen molar-refractivity contribution >= 4 is 5.97 Å². The van der Waals surface area contributed by atoms with Gasteiger partial charge in [0, 0.05) is 0 Å². The molecule has 1 aromatic rings. The lowest BCUT2D eigenvalue weighted by molar-refractivity contribution is 0.0497. The zero-order chi connectivity index (χ0) is 15.5. The van der Waals surface area contributed by atoms with E-state index in [4.69, 9.17) is 9.47 Å². The van der Waals surface area contributed by atoms with Crippen LogP contribution in [0.25, 0.3) is 0 Å². The summed E-state index contributed by atoms with van der Waals surface area (Å²) in [6.45, 7) is 1.43. The monoisotopic (exact) mass is 302 g/mol. The zero-order valence-electron chi connectivity index (χ0n) is 13.2. The number of allylic oxidation sites excluding steroid dienone is 1. The van der Waals surface area contributed by atoms with Crippen molar-refractivity contribution in [1.29, 1.82) is 0 Å². The molecular weight excluding hydrogens is 276 g/mol. The van der Waals surface area contributed by atoms with Crippen molar-refractivity contribution in [3.8, 4) is 0 Å². The van der Waals surface area contributed by atoms with Gasteiger partial charge in [-0.15, -0.1) is 0 Å². The van der Waals surface area contributed by atoms with Crippen molar-refractivity contribution in [1.82, 2.24) is 0 Å². The van der Waals surface area contributed by atoms with E-state index in [0.717, 1.165) is 25.9 Å². The highest BCUT2D eigenvalue weighted by Crippen LogP contribution is 2.12. The second-order valence-corrected chi connectivity index (χ2v) is 5.71. The van der Waals surface area contributed by atoms with Crippen LogP contribution in [0.2, 0.25) is 0 Å². The number of epoxide rings is 1. The fraction of sp³-hybridized carbons (Fsp3) is 0.526. The first-order valence-electron chi connectivity index (χ1n) is 8.37. The van der Waals surface area contributed by atoms with Gasteiger partial charge < -0.3 is 9.47 Å². The molecule has 1 saturated heterocycles. The van der Waals surface area contributed by atoms with E-state index < -0.39 is 0 Å². The molecule has 1 fully saturated rings. The fourth-order valence-electron chi connectivity index (χ4n) is 2.31. The van der Waals surface area contributed by atoms with E-state index in [2.05, 4.69) is 12.2 Å². The summed E-state index contributed by atoms with van der Waals surface area (Å²) < 4.78 is 10.4. The van der Waals surface area contributed by atoms with Crippen LogP contribution < -0.4 is 0 Å². The summed E-state index contributed by atoms with van der Waals surface area (Å²) in [6, 6.07) is 9.16. The minimum Gasteiger partial charge on any atom is -0.462 e. The Morgan fingerprint density at radius 3 is 2.50 bits per heavy atom. The van der Waals surface area contributed by atoms with Gasteiger partial charge in [0.05, 0.1) is 24.9 Å². The van der Waals surface area contributed by atoms with E-state index in [9.17, 15) is 4.79 Å². The smallest absolute Gasteiger partial charge is 0.338 e. The van der Waals surface area contributed by atoms with E-state index in [0.29, 0.717) is 18.3 Å². The largest absolute Gasteiger partial charge is 0.462 e. The SMILES string of the molecule is O=C(OCCCCCCCC/C=C\C1CO1)c1ccccc1. The van der Waals surface area contributed by atoms with Crippen LogP contribution in [0.1, 0.15) is 55.3 Å². The Balaban J connectivity index is 1.37. The highest BCUT2D eigenvalue weighted by molar-refractivity contribution is 5.89. The third-order valence-corrected chi connectivity index (χ3v) is 3.72. The summed E-state index contributed by atoms with van der Waals surface area (Å²) in [5.74, 6) is -0.216. The minimum atomic E-state index is -0.216. The summed E-state index contributed by atoms with van der Waals surface area (Å²) in [4.78, 5) is 11.7. The number of unbranched alkanes of at least 4 members (excludes halogenated alkanes) is 6. The Hall–Kier alpha value is -1.61. The van der Waals surface area contributed by atoms with E-state index in [-0.39, 0.29) is 5.97 Å². The van der Waals surface area contributed by atoms with Crippen molar-refractivity contribution in [3.05, 3.63) is 48.0 Å². The molecule has 0 amide bonds. The molecule has 0 saturated carbocycles. The first kappa shape index (κ1) is 16.8. The summed E-state index contributed by atoms with van der Waals surface area (Å²) >= 11 is 0. The van der Waals surface area contributed by atoms with Crippen LogP contribution in [0.4, 0.5) is 0 Å². The zero-order valence-corrected chi connectivity index (χ0v) is 13.2. The van der Waals surface area contributed by atoms with Crippen LogP contribution in [0.5, 0.6) is 0 Å². The second-order valence-electron chi connectivity index (χ2n) is 5.71. The van der Waals surface area contributed by atoms with Gasteiger partial charge in [-0.05, 0) is 31.4 Å². The molecule has 1 atom stereocenters. The Morgan fingerprint density at radius 2 is 1.77 bits per heavy atom. The first-order chi connectivity index (χ1) is 10.9. The van der Waals surface area contributed by atoms with Crippen molar-refractivity contribution in [3.63, 3.8) is 0 Å². The Morgan fingerprint density at radius 1 is 1.09 bits per heavy atom. The Labute approximate surface area is 133 Å². The van der Waals surface area contributed by atoms with Crippen molar-refractivity contribution in [2.45, 2.75) is 51.0 Å². The molecule has 1 aliphatic heterocycles. The standard InChI is InChI=1S/C19H26O3/c20-19(17-12-8-7-9-13-17)21-15-11-6-4-2-1-3-5-10-14-18-16-22-18/h7-10,12-14,18H,1-6,11,15-16H2/b14-10-. The molecule has 22 heavy (non-hydrogen) atoms. The maximum Gasteiger partial charge on any atom is 0.338 e. The third kappa shape index (κ3) is 7.41. The third-order valence-electron chi connectivity index (χ3n) is 3.72. The number of esters is 1. The van der Waals surface area contributed by atoms with E-state index in [1.54, 1.807) is 12.1 Å². The molecule has 3 nitrogen and oxygen atoms in total. The lowest BCUT2D eigenvalue weighted by Crippen LogP contribution is -2.06. The molecule has 1 aliphatic rings. The van der Waals surface area contributed by atoms with Gasteiger partial charge in [0.25, 0.3) is 0 Å². The van der Waals surface area contributed by atoms with Gasteiger partial charge in [-0.2, -0.15) is 0 Å². The van der Waals surface area contributed by atoms with Gasteiger partial charge >= 0.3 is 5.97 Å². The lowest BCUT2D eigenvalue weighted by Gasteiger charge is -2.04. The molecule has 0 bridgehead atoms. The molecule has 0 spiro atoms. The molecule has 2 rings (SSSR count). The Bertz CT molecular complexity index is 449. The average Bonchev–Trinajstić information content (AvgIpc) is 3.37. The van der Waals surface area contributed by atoms with Gasteiger partial charge in [0.2, 0.25) is 0 Å². The molecule has 0 N–H and O–H groups in total. The predicted molar refractivity (Wildman–Crippen MR) is 87.9 cm³/mol. The lowest BCUT2D eigenvalue weighted by atomic mass is 10.1. The Kier molecular flexibility index (Phi) is 7.75. The quantitative estimate of drug-likeness (QED) is 0.261. The molecule has 0 aliphatic carbocycles. The van der Waals surface area contributed by atoms with Gasteiger partial charge in [-0.25, -0.2) is 4.79 Å². The molecule has 1 aromatic carbocycles. The molecule has 0 radical (unpaired) electrons. The minimum absolute atomic E-state index is 0.216. The average molecular weight is 302 g/mol. The number of rotatable bonds is 11.